The Hall–Kier alpha value is -2.25. The summed E-state index contributed by atoms with van der Waals surface area (Å²) in [5.74, 6) is -1.25. The first kappa shape index (κ1) is 21.5. The van der Waals surface area contributed by atoms with Gasteiger partial charge in [-0.1, -0.05) is 29.8 Å². The van der Waals surface area contributed by atoms with Crippen LogP contribution < -0.4 is 0 Å². The molecule has 0 spiro atoms. The van der Waals surface area contributed by atoms with E-state index < -0.39 is 20.9 Å². The molecule has 2 aromatic rings. The average molecular weight is 438 g/mol. The van der Waals surface area contributed by atoms with Crippen molar-refractivity contribution in [3.05, 3.63) is 70.5 Å². The van der Waals surface area contributed by atoms with E-state index >= 15 is 0 Å². The highest BCUT2D eigenvalue weighted by Crippen LogP contribution is 2.31. The lowest BCUT2D eigenvalue weighted by molar-refractivity contribution is -0.130. The zero-order chi connectivity index (χ0) is 21.0. The number of nitrogens with zero attached hydrogens (tertiary/aromatic N) is 1. The smallest absolute Gasteiger partial charge is 0.223 e. The summed E-state index contributed by atoms with van der Waals surface area (Å²) in [6, 6.07) is 12.2. The largest absolute Gasteiger partial charge is 0.342 e. The van der Waals surface area contributed by atoms with Gasteiger partial charge in [0, 0.05) is 42.1 Å². The van der Waals surface area contributed by atoms with E-state index in [9.17, 15) is 22.4 Å². The molecule has 1 atom stereocenters. The molecule has 2 aromatic carbocycles. The van der Waals surface area contributed by atoms with Gasteiger partial charge in [0.1, 0.15) is 5.82 Å². The normalized spacial score (nSPS) is 18.8. The summed E-state index contributed by atoms with van der Waals surface area (Å²) in [5.41, 5.74) is 0.611. The van der Waals surface area contributed by atoms with Crippen LogP contribution in [0.25, 0.3) is 0 Å². The van der Waals surface area contributed by atoms with Gasteiger partial charge in [-0.2, -0.15) is 0 Å². The van der Waals surface area contributed by atoms with Gasteiger partial charge in [0.05, 0.1) is 11.0 Å². The van der Waals surface area contributed by atoms with Crippen molar-refractivity contribution >= 4 is 33.1 Å². The second kappa shape index (κ2) is 9.05. The molecule has 29 heavy (non-hydrogen) atoms. The van der Waals surface area contributed by atoms with Gasteiger partial charge in [-0.3, -0.25) is 9.59 Å². The predicted molar refractivity (Wildman–Crippen MR) is 109 cm³/mol. The second-order valence-electron chi connectivity index (χ2n) is 6.98. The van der Waals surface area contributed by atoms with Crippen molar-refractivity contribution in [2.75, 3.05) is 18.8 Å². The van der Waals surface area contributed by atoms with Gasteiger partial charge in [-0.15, -0.1) is 0 Å². The van der Waals surface area contributed by atoms with Crippen LogP contribution in [0.15, 0.2) is 48.5 Å². The molecule has 1 heterocycles. The number of sulfone groups is 1. The SMILES string of the molecule is O=C(CCC(=O)N1CC[C@H](c2ccccc2F)S(=O)(=O)CC1)c1ccc(Cl)cc1. The summed E-state index contributed by atoms with van der Waals surface area (Å²) in [7, 11) is -3.59. The van der Waals surface area contributed by atoms with E-state index in [4.69, 9.17) is 11.6 Å². The van der Waals surface area contributed by atoms with E-state index in [1.165, 1.54) is 23.1 Å². The Labute approximate surface area is 174 Å². The Morgan fingerprint density at radius 1 is 1.03 bits per heavy atom. The number of hydrogen-bond acceptors (Lipinski definition) is 4. The van der Waals surface area contributed by atoms with E-state index in [2.05, 4.69) is 0 Å². The van der Waals surface area contributed by atoms with Gasteiger partial charge in [0.2, 0.25) is 5.91 Å². The van der Waals surface area contributed by atoms with Gasteiger partial charge in [0.25, 0.3) is 0 Å². The summed E-state index contributed by atoms with van der Waals surface area (Å²) >= 11 is 5.81. The van der Waals surface area contributed by atoms with Crippen LogP contribution in [-0.2, 0) is 14.6 Å². The molecule has 0 radical (unpaired) electrons. The number of hydrogen-bond donors (Lipinski definition) is 0. The fourth-order valence-electron chi connectivity index (χ4n) is 3.44. The Balaban J connectivity index is 1.63. The number of Topliss-reactive ketones (excluding diaryl/α,β-unsaturated/α-hetero) is 1. The van der Waals surface area contributed by atoms with Crippen LogP contribution in [-0.4, -0.2) is 43.9 Å². The number of amides is 1. The minimum absolute atomic E-state index is 0.00806. The van der Waals surface area contributed by atoms with E-state index in [1.54, 1.807) is 30.3 Å². The molecule has 1 aliphatic rings. The van der Waals surface area contributed by atoms with Crippen LogP contribution in [0.2, 0.25) is 5.02 Å². The molecule has 1 saturated heterocycles. The fourth-order valence-corrected chi connectivity index (χ4v) is 5.37. The van der Waals surface area contributed by atoms with E-state index in [0.717, 1.165) is 0 Å². The van der Waals surface area contributed by atoms with Crippen LogP contribution in [0.1, 0.15) is 40.4 Å². The van der Waals surface area contributed by atoms with Crippen molar-refractivity contribution in [1.82, 2.24) is 4.90 Å². The van der Waals surface area contributed by atoms with Crippen LogP contribution in [0.5, 0.6) is 0 Å². The molecule has 1 amide bonds. The van der Waals surface area contributed by atoms with Crippen molar-refractivity contribution in [1.29, 1.82) is 0 Å². The number of benzene rings is 2. The van der Waals surface area contributed by atoms with Gasteiger partial charge in [0.15, 0.2) is 15.6 Å². The van der Waals surface area contributed by atoms with Crippen molar-refractivity contribution in [2.45, 2.75) is 24.5 Å². The molecule has 8 heteroatoms. The second-order valence-corrected chi connectivity index (χ2v) is 9.72. The third-order valence-corrected chi connectivity index (χ3v) is 7.44. The Bertz CT molecular complexity index is 1010. The lowest BCUT2D eigenvalue weighted by Gasteiger charge is -2.20. The summed E-state index contributed by atoms with van der Waals surface area (Å²) in [4.78, 5) is 26.2. The standard InChI is InChI=1S/C21H21ClFNO4S/c22-16-7-5-15(6-8-16)19(25)9-10-21(26)24-12-11-20(29(27,28)14-13-24)17-3-1-2-4-18(17)23/h1-8,20H,9-14H2/t20-/m1/s1. The van der Waals surface area contributed by atoms with Gasteiger partial charge in [-0.05, 0) is 36.8 Å². The molecule has 0 aromatic heterocycles. The fraction of sp³-hybridized carbons (Fsp3) is 0.333. The first-order valence-corrected chi connectivity index (χ1v) is 11.4. The number of halogens is 2. The van der Waals surface area contributed by atoms with Gasteiger partial charge < -0.3 is 4.90 Å². The van der Waals surface area contributed by atoms with E-state index in [0.29, 0.717) is 10.6 Å². The molecular weight excluding hydrogens is 417 g/mol. The quantitative estimate of drug-likeness (QED) is 0.666. The molecule has 0 bridgehead atoms. The molecule has 3 rings (SSSR count). The van der Waals surface area contributed by atoms with E-state index in [1.807, 2.05) is 0 Å². The first-order chi connectivity index (χ1) is 13.8. The minimum Gasteiger partial charge on any atom is -0.342 e. The first-order valence-electron chi connectivity index (χ1n) is 9.30. The van der Waals surface area contributed by atoms with E-state index in [-0.39, 0.29) is 55.4 Å². The molecule has 0 aliphatic carbocycles. The highest BCUT2D eigenvalue weighted by atomic mass is 35.5. The van der Waals surface area contributed by atoms with Crippen LogP contribution in [0.4, 0.5) is 4.39 Å². The zero-order valence-electron chi connectivity index (χ0n) is 15.7. The number of carbonyl (C=O) groups excluding carboxylic acids is 2. The Morgan fingerprint density at radius 3 is 2.41 bits per heavy atom. The highest BCUT2D eigenvalue weighted by Gasteiger charge is 2.34. The summed E-state index contributed by atoms with van der Waals surface area (Å²) in [6.45, 7) is 0.244. The topological polar surface area (TPSA) is 71.5 Å². The lowest BCUT2D eigenvalue weighted by atomic mass is 10.1. The summed E-state index contributed by atoms with van der Waals surface area (Å²) in [6.07, 6.45) is 0.145. The van der Waals surface area contributed by atoms with Crippen molar-refractivity contribution < 1.29 is 22.4 Å². The third-order valence-electron chi connectivity index (χ3n) is 5.08. The maximum Gasteiger partial charge on any atom is 0.223 e. The Morgan fingerprint density at radius 2 is 1.72 bits per heavy atom. The summed E-state index contributed by atoms with van der Waals surface area (Å²) in [5, 5.41) is -0.454. The maximum atomic E-state index is 14.1. The number of ketones is 1. The predicted octanol–water partition coefficient (Wildman–Crippen LogP) is 3.83. The van der Waals surface area contributed by atoms with Crippen molar-refractivity contribution in [3.63, 3.8) is 0 Å². The zero-order valence-corrected chi connectivity index (χ0v) is 17.3. The molecule has 154 valence electrons. The monoisotopic (exact) mass is 437 g/mol. The molecule has 1 aliphatic heterocycles. The molecule has 0 N–H and O–H groups in total. The third kappa shape index (κ3) is 5.22. The molecule has 5 nitrogen and oxygen atoms in total. The Kier molecular flexibility index (Phi) is 6.70. The molecule has 0 unspecified atom stereocenters. The molecule has 1 fully saturated rings. The van der Waals surface area contributed by atoms with Crippen LogP contribution >= 0.6 is 11.6 Å². The van der Waals surface area contributed by atoms with Gasteiger partial charge in [-0.25, -0.2) is 12.8 Å². The summed E-state index contributed by atoms with van der Waals surface area (Å²) < 4.78 is 39.4. The maximum absolute atomic E-state index is 14.1. The molecule has 0 saturated carbocycles. The van der Waals surface area contributed by atoms with Crippen molar-refractivity contribution in [2.24, 2.45) is 0 Å². The van der Waals surface area contributed by atoms with Crippen LogP contribution in [0, 0.1) is 5.82 Å². The van der Waals surface area contributed by atoms with Crippen LogP contribution in [0.3, 0.4) is 0 Å². The minimum atomic E-state index is -3.59. The van der Waals surface area contributed by atoms with Crippen molar-refractivity contribution in [3.8, 4) is 0 Å². The highest BCUT2D eigenvalue weighted by molar-refractivity contribution is 7.91. The lowest BCUT2D eigenvalue weighted by Crippen LogP contribution is -2.33. The van der Waals surface area contributed by atoms with Gasteiger partial charge >= 0.3 is 0 Å². The number of rotatable bonds is 5. The molecular formula is C21H21ClFNO4S. The average Bonchev–Trinajstić information content (AvgIpc) is 2.85. The number of carbonyl (C=O) groups is 2.